The van der Waals surface area contributed by atoms with E-state index in [9.17, 15) is 19.2 Å². The monoisotopic (exact) mass is 633 g/mol. The summed E-state index contributed by atoms with van der Waals surface area (Å²) in [5.41, 5.74) is 1.36. The first-order valence-corrected chi connectivity index (χ1v) is 16.5. The topological polar surface area (TPSA) is 138 Å². The van der Waals surface area contributed by atoms with Gasteiger partial charge in [0.2, 0.25) is 17.7 Å². The summed E-state index contributed by atoms with van der Waals surface area (Å²) in [5.74, 6) is -1.01. The molecule has 1 spiro atoms. The maximum atomic E-state index is 13.6. The normalized spacial score (nSPS) is 22.9. The van der Waals surface area contributed by atoms with Crippen LogP contribution in [0.3, 0.4) is 0 Å². The summed E-state index contributed by atoms with van der Waals surface area (Å²) in [6.45, 7) is 8.42. The van der Waals surface area contributed by atoms with Crippen molar-refractivity contribution < 1.29 is 28.7 Å². The second-order valence-electron chi connectivity index (χ2n) is 13.0. The summed E-state index contributed by atoms with van der Waals surface area (Å²) in [5, 5.41) is 11.9. The van der Waals surface area contributed by atoms with Gasteiger partial charge in [-0.3, -0.25) is 24.1 Å². The summed E-state index contributed by atoms with van der Waals surface area (Å²) in [7, 11) is 0. The Kier molecular flexibility index (Phi) is 11.3. The summed E-state index contributed by atoms with van der Waals surface area (Å²) < 4.78 is 11.6. The molecule has 0 bridgehead atoms. The SMILES string of the molecule is CC(C)[C@@H]1COc2ccccc2C(=O)N[C@H](C(=O)NCc2cccc(CN3CCOCC3)c2)CCC(=O)NC2(CCCC2)C(=O)N1. The molecule has 0 unspecified atom stereocenters. The molecule has 11 nitrogen and oxygen atoms in total. The molecule has 2 aromatic carbocycles. The van der Waals surface area contributed by atoms with Crippen LogP contribution < -0.4 is 26.0 Å². The lowest BCUT2D eigenvalue weighted by Crippen LogP contribution is -2.60. The van der Waals surface area contributed by atoms with Crippen molar-refractivity contribution in [3.63, 3.8) is 0 Å². The lowest BCUT2D eigenvalue weighted by atomic mass is 9.94. The van der Waals surface area contributed by atoms with E-state index >= 15 is 0 Å². The number of carbonyl (C=O) groups excluding carboxylic acids is 4. The Morgan fingerprint density at radius 1 is 1.00 bits per heavy atom. The van der Waals surface area contributed by atoms with Gasteiger partial charge in [-0.2, -0.15) is 0 Å². The van der Waals surface area contributed by atoms with Gasteiger partial charge in [0.1, 0.15) is 23.9 Å². The molecule has 248 valence electrons. The lowest BCUT2D eigenvalue weighted by molar-refractivity contribution is -0.134. The standard InChI is InChI=1S/C35H47N5O6/c1-24(2)29-23-46-30-11-4-3-10-27(30)32(42)37-28(12-13-31(41)39-35(34(44)38-29)14-5-6-15-35)33(43)36-21-25-8-7-9-26(20-25)22-40-16-18-45-19-17-40/h3-4,7-11,20,24,28-29H,5-6,12-19,21-23H2,1-2H3,(H,36,43)(H,37,42)(H,38,44)(H,39,41)/t28-,29-/m0/s1. The van der Waals surface area contributed by atoms with Gasteiger partial charge in [0.25, 0.3) is 5.91 Å². The van der Waals surface area contributed by atoms with Gasteiger partial charge in [0, 0.05) is 32.6 Å². The molecular formula is C35H47N5O6. The van der Waals surface area contributed by atoms with Crippen LogP contribution in [0.5, 0.6) is 5.75 Å². The Balaban J connectivity index is 1.33. The van der Waals surface area contributed by atoms with E-state index in [1.807, 2.05) is 26.0 Å². The summed E-state index contributed by atoms with van der Waals surface area (Å²) >= 11 is 0. The number of para-hydroxylation sites is 1. The predicted molar refractivity (Wildman–Crippen MR) is 173 cm³/mol. The van der Waals surface area contributed by atoms with Crippen molar-refractivity contribution in [1.29, 1.82) is 0 Å². The highest BCUT2D eigenvalue weighted by atomic mass is 16.5. The van der Waals surface area contributed by atoms with Gasteiger partial charge < -0.3 is 30.7 Å². The second-order valence-corrected chi connectivity index (χ2v) is 13.0. The number of carbonyl (C=O) groups is 4. The highest BCUT2D eigenvalue weighted by molar-refractivity contribution is 6.00. The number of rotatable bonds is 6. The molecule has 2 fully saturated rings. The van der Waals surface area contributed by atoms with E-state index in [4.69, 9.17) is 9.47 Å². The molecule has 4 N–H and O–H groups in total. The van der Waals surface area contributed by atoms with Gasteiger partial charge in [0.05, 0.1) is 24.8 Å². The summed E-state index contributed by atoms with van der Waals surface area (Å²) in [6.07, 6.45) is 2.79. The van der Waals surface area contributed by atoms with Gasteiger partial charge in [-0.1, -0.05) is 63.1 Å². The third-order valence-corrected chi connectivity index (χ3v) is 9.19. The highest BCUT2D eigenvalue weighted by Crippen LogP contribution is 2.31. The van der Waals surface area contributed by atoms with Crippen LogP contribution in [0.15, 0.2) is 48.5 Å². The highest BCUT2D eigenvalue weighted by Gasteiger charge is 2.43. The number of amides is 4. The molecule has 2 aromatic rings. The number of morpholine rings is 1. The third-order valence-electron chi connectivity index (χ3n) is 9.19. The molecule has 5 rings (SSSR count). The summed E-state index contributed by atoms with van der Waals surface area (Å²) in [6, 6.07) is 13.6. The molecular weight excluding hydrogens is 586 g/mol. The molecule has 11 heteroatoms. The molecule has 1 saturated heterocycles. The van der Waals surface area contributed by atoms with E-state index in [1.54, 1.807) is 24.3 Å². The zero-order chi connectivity index (χ0) is 32.5. The molecule has 2 atom stereocenters. The Hall–Kier alpha value is -3.96. The van der Waals surface area contributed by atoms with E-state index in [-0.39, 0.29) is 55.3 Å². The molecule has 1 saturated carbocycles. The number of nitrogens with zero attached hydrogens (tertiary/aromatic N) is 1. The van der Waals surface area contributed by atoms with Crippen molar-refractivity contribution in [2.75, 3.05) is 32.9 Å². The van der Waals surface area contributed by atoms with Gasteiger partial charge in [0.15, 0.2) is 0 Å². The van der Waals surface area contributed by atoms with Crippen LogP contribution in [0.25, 0.3) is 0 Å². The number of benzene rings is 2. The minimum atomic E-state index is -1.00. The van der Waals surface area contributed by atoms with Crippen molar-refractivity contribution in [2.45, 2.75) is 83.1 Å². The largest absolute Gasteiger partial charge is 0.491 e. The number of fused-ring (bicyclic) bond motifs is 1. The maximum Gasteiger partial charge on any atom is 0.255 e. The predicted octanol–water partition coefficient (Wildman–Crippen LogP) is 2.68. The van der Waals surface area contributed by atoms with Crippen LogP contribution >= 0.6 is 0 Å². The van der Waals surface area contributed by atoms with Crippen LogP contribution in [0, 0.1) is 5.92 Å². The Morgan fingerprint density at radius 2 is 1.74 bits per heavy atom. The minimum absolute atomic E-state index is 0.0335. The fraction of sp³-hybridized carbons (Fsp3) is 0.543. The Bertz CT molecular complexity index is 1390. The van der Waals surface area contributed by atoms with Crippen molar-refractivity contribution in [3.05, 3.63) is 65.2 Å². The van der Waals surface area contributed by atoms with E-state index in [1.165, 1.54) is 0 Å². The minimum Gasteiger partial charge on any atom is -0.491 e. The first-order valence-electron chi connectivity index (χ1n) is 16.5. The van der Waals surface area contributed by atoms with Crippen LogP contribution in [0.2, 0.25) is 0 Å². The van der Waals surface area contributed by atoms with Crippen LogP contribution in [-0.2, 0) is 32.2 Å². The van der Waals surface area contributed by atoms with E-state index in [0.717, 1.165) is 56.8 Å². The first-order chi connectivity index (χ1) is 22.2. The maximum absolute atomic E-state index is 13.6. The van der Waals surface area contributed by atoms with Crippen LogP contribution in [-0.4, -0.2) is 79.1 Å². The number of hydrogen-bond acceptors (Lipinski definition) is 7. The van der Waals surface area contributed by atoms with Crippen molar-refractivity contribution in [1.82, 2.24) is 26.2 Å². The zero-order valence-corrected chi connectivity index (χ0v) is 26.9. The molecule has 0 aromatic heterocycles. The smallest absolute Gasteiger partial charge is 0.255 e. The first kappa shape index (κ1) is 33.4. The van der Waals surface area contributed by atoms with Crippen molar-refractivity contribution >= 4 is 23.6 Å². The Morgan fingerprint density at radius 3 is 2.50 bits per heavy atom. The molecule has 46 heavy (non-hydrogen) atoms. The van der Waals surface area contributed by atoms with Gasteiger partial charge in [-0.15, -0.1) is 0 Å². The second kappa shape index (κ2) is 15.6. The van der Waals surface area contributed by atoms with Crippen molar-refractivity contribution in [2.24, 2.45) is 5.92 Å². The molecule has 3 aliphatic rings. The van der Waals surface area contributed by atoms with Gasteiger partial charge >= 0.3 is 0 Å². The molecule has 1 aliphatic carbocycles. The number of hydrogen-bond donors (Lipinski definition) is 4. The average molecular weight is 634 g/mol. The zero-order valence-electron chi connectivity index (χ0n) is 26.9. The molecule has 0 radical (unpaired) electrons. The third kappa shape index (κ3) is 8.64. The lowest BCUT2D eigenvalue weighted by Gasteiger charge is -2.32. The van der Waals surface area contributed by atoms with Gasteiger partial charge in [-0.05, 0) is 48.4 Å². The quantitative estimate of drug-likeness (QED) is 0.384. The molecule has 2 heterocycles. The number of nitrogens with one attached hydrogen (secondary N) is 4. The van der Waals surface area contributed by atoms with Crippen LogP contribution in [0.1, 0.15) is 73.9 Å². The average Bonchev–Trinajstić information content (AvgIpc) is 3.53. The molecule has 2 aliphatic heterocycles. The summed E-state index contributed by atoms with van der Waals surface area (Å²) in [4.78, 5) is 56.4. The Labute approximate surface area is 271 Å². The van der Waals surface area contributed by atoms with Gasteiger partial charge in [-0.25, -0.2) is 0 Å². The van der Waals surface area contributed by atoms with E-state index in [0.29, 0.717) is 18.6 Å². The fourth-order valence-electron chi connectivity index (χ4n) is 6.33. The van der Waals surface area contributed by atoms with Crippen molar-refractivity contribution in [3.8, 4) is 5.75 Å². The van der Waals surface area contributed by atoms with E-state index < -0.39 is 23.4 Å². The fourth-order valence-corrected chi connectivity index (χ4v) is 6.33. The van der Waals surface area contributed by atoms with E-state index in [2.05, 4.69) is 38.3 Å². The van der Waals surface area contributed by atoms with Crippen LogP contribution in [0.4, 0.5) is 0 Å². The number of ether oxygens (including phenoxy) is 2. The molecule has 4 amide bonds.